The molecule has 88 valence electrons. The SMILES string of the molecule is Nc1cc(Cl)c(F)cc1N1CCCOCC1. The van der Waals surface area contributed by atoms with Gasteiger partial charge in [-0.1, -0.05) is 11.6 Å². The van der Waals surface area contributed by atoms with Crippen LogP contribution in [-0.4, -0.2) is 26.3 Å². The molecule has 0 radical (unpaired) electrons. The molecule has 0 unspecified atom stereocenters. The highest BCUT2D eigenvalue weighted by Gasteiger charge is 2.15. The predicted molar refractivity (Wildman–Crippen MR) is 63.5 cm³/mol. The Bertz CT molecular complexity index is 378. The number of halogens is 2. The van der Waals surface area contributed by atoms with Gasteiger partial charge in [-0.2, -0.15) is 0 Å². The quantitative estimate of drug-likeness (QED) is 0.771. The fourth-order valence-electron chi connectivity index (χ4n) is 1.81. The zero-order chi connectivity index (χ0) is 11.5. The van der Waals surface area contributed by atoms with Gasteiger partial charge in [-0.25, -0.2) is 4.39 Å². The minimum Gasteiger partial charge on any atom is -0.397 e. The summed E-state index contributed by atoms with van der Waals surface area (Å²) in [7, 11) is 0. The van der Waals surface area contributed by atoms with Crippen molar-refractivity contribution in [2.45, 2.75) is 6.42 Å². The summed E-state index contributed by atoms with van der Waals surface area (Å²) in [6.45, 7) is 2.94. The molecule has 0 aromatic heterocycles. The van der Waals surface area contributed by atoms with E-state index >= 15 is 0 Å². The standard InChI is InChI=1S/C11H14ClFN2O/c12-8-6-10(14)11(7-9(8)13)15-2-1-4-16-5-3-15/h6-7H,1-5,14H2. The number of benzene rings is 1. The third-order valence-electron chi connectivity index (χ3n) is 2.63. The maximum absolute atomic E-state index is 13.4. The van der Waals surface area contributed by atoms with Crippen LogP contribution in [0.1, 0.15) is 6.42 Å². The van der Waals surface area contributed by atoms with Crippen LogP contribution in [0.25, 0.3) is 0 Å². The molecule has 0 aliphatic carbocycles. The molecular formula is C11H14ClFN2O. The topological polar surface area (TPSA) is 38.5 Å². The molecule has 16 heavy (non-hydrogen) atoms. The molecule has 1 aromatic carbocycles. The van der Waals surface area contributed by atoms with Gasteiger partial charge in [0.2, 0.25) is 0 Å². The molecule has 2 rings (SSSR count). The number of hydrogen-bond donors (Lipinski definition) is 1. The van der Waals surface area contributed by atoms with E-state index in [1.807, 2.05) is 4.90 Å². The summed E-state index contributed by atoms with van der Waals surface area (Å²) in [5, 5.41) is 0.0623. The van der Waals surface area contributed by atoms with Crippen molar-refractivity contribution in [1.82, 2.24) is 0 Å². The molecule has 1 heterocycles. The molecular weight excluding hydrogens is 231 g/mol. The molecule has 5 heteroatoms. The van der Waals surface area contributed by atoms with Crippen LogP contribution in [0, 0.1) is 5.82 Å². The average molecular weight is 245 g/mol. The fraction of sp³-hybridized carbons (Fsp3) is 0.455. The summed E-state index contributed by atoms with van der Waals surface area (Å²) in [5.74, 6) is -0.434. The van der Waals surface area contributed by atoms with E-state index in [1.54, 1.807) is 0 Å². The highest BCUT2D eigenvalue weighted by Crippen LogP contribution is 2.29. The Morgan fingerprint density at radius 2 is 2.12 bits per heavy atom. The first-order valence-electron chi connectivity index (χ1n) is 5.25. The molecule has 2 N–H and O–H groups in total. The van der Waals surface area contributed by atoms with Crippen LogP contribution in [0.15, 0.2) is 12.1 Å². The Labute approximate surface area is 98.9 Å². The van der Waals surface area contributed by atoms with Gasteiger partial charge < -0.3 is 15.4 Å². The van der Waals surface area contributed by atoms with Crippen molar-refractivity contribution in [3.63, 3.8) is 0 Å². The molecule has 1 fully saturated rings. The highest BCUT2D eigenvalue weighted by atomic mass is 35.5. The highest BCUT2D eigenvalue weighted by molar-refractivity contribution is 6.31. The van der Waals surface area contributed by atoms with E-state index in [9.17, 15) is 4.39 Å². The number of nitrogens with zero attached hydrogens (tertiary/aromatic N) is 1. The Morgan fingerprint density at radius 3 is 2.94 bits per heavy atom. The predicted octanol–water partition coefficient (Wildman–Crippen LogP) is 2.29. The summed E-state index contributed by atoms with van der Waals surface area (Å²) < 4.78 is 18.7. The minimum absolute atomic E-state index is 0.0623. The van der Waals surface area contributed by atoms with Gasteiger partial charge in [0.05, 0.1) is 23.0 Å². The lowest BCUT2D eigenvalue weighted by atomic mass is 10.2. The van der Waals surface area contributed by atoms with E-state index in [2.05, 4.69) is 0 Å². The molecule has 1 aromatic rings. The molecule has 1 aliphatic heterocycles. The van der Waals surface area contributed by atoms with Crippen LogP contribution < -0.4 is 10.6 Å². The molecule has 0 spiro atoms. The maximum Gasteiger partial charge on any atom is 0.144 e. The lowest BCUT2D eigenvalue weighted by molar-refractivity contribution is 0.152. The van der Waals surface area contributed by atoms with E-state index in [4.69, 9.17) is 22.1 Å². The van der Waals surface area contributed by atoms with Crippen LogP contribution >= 0.6 is 11.6 Å². The molecule has 0 atom stereocenters. The number of ether oxygens (including phenoxy) is 1. The van der Waals surface area contributed by atoms with Gasteiger partial charge in [-0.15, -0.1) is 0 Å². The largest absolute Gasteiger partial charge is 0.397 e. The number of hydrogen-bond acceptors (Lipinski definition) is 3. The summed E-state index contributed by atoms with van der Waals surface area (Å²) in [5.41, 5.74) is 7.05. The second kappa shape index (κ2) is 4.89. The summed E-state index contributed by atoms with van der Waals surface area (Å²) >= 11 is 5.66. The van der Waals surface area contributed by atoms with Crippen LogP contribution in [-0.2, 0) is 4.74 Å². The van der Waals surface area contributed by atoms with Crippen molar-refractivity contribution < 1.29 is 9.13 Å². The lowest BCUT2D eigenvalue weighted by Gasteiger charge is -2.23. The van der Waals surface area contributed by atoms with Gasteiger partial charge in [-0.3, -0.25) is 0 Å². The van der Waals surface area contributed by atoms with Crippen molar-refractivity contribution in [2.24, 2.45) is 0 Å². The number of anilines is 2. The monoisotopic (exact) mass is 244 g/mol. The second-order valence-corrected chi connectivity index (χ2v) is 4.19. The van der Waals surface area contributed by atoms with E-state index in [0.29, 0.717) is 18.0 Å². The molecule has 0 saturated carbocycles. The zero-order valence-corrected chi connectivity index (χ0v) is 9.63. The number of nitrogens with two attached hydrogens (primary N) is 1. The molecule has 0 amide bonds. The molecule has 0 bridgehead atoms. The van der Waals surface area contributed by atoms with Crippen molar-refractivity contribution >= 4 is 23.0 Å². The van der Waals surface area contributed by atoms with Crippen molar-refractivity contribution in [2.75, 3.05) is 36.9 Å². The Morgan fingerprint density at radius 1 is 1.31 bits per heavy atom. The van der Waals surface area contributed by atoms with E-state index in [1.165, 1.54) is 12.1 Å². The fourth-order valence-corrected chi connectivity index (χ4v) is 1.98. The third-order valence-corrected chi connectivity index (χ3v) is 2.92. The zero-order valence-electron chi connectivity index (χ0n) is 8.88. The van der Waals surface area contributed by atoms with Gasteiger partial charge in [0.1, 0.15) is 5.82 Å². The second-order valence-electron chi connectivity index (χ2n) is 3.78. The Balaban J connectivity index is 2.27. The number of nitrogen functional groups attached to an aromatic ring is 1. The van der Waals surface area contributed by atoms with Gasteiger partial charge in [0.15, 0.2) is 0 Å². The van der Waals surface area contributed by atoms with Gasteiger partial charge in [-0.05, 0) is 12.5 Å². The lowest BCUT2D eigenvalue weighted by Crippen LogP contribution is -2.26. The summed E-state index contributed by atoms with van der Waals surface area (Å²) in [6.07, 6.45) is 0.920. The Hall–Kier alpha value is -1.00. The van der Waals surface area contributed by atoms with Gasteiger partial charge >= 0.3 is 0 Å². The first-order valence-corrected chi connectivity index (χ1v) is 5.63. The third kappa shape index (κ3) is 2.39. The van der Waals surface area contributed by atoms with Crippen molar-refractivity contribution in [1.29, 1.82) is 0 Å². The van der Waals surface area contributed by atoms with Crippen LogP contribution in [0.4, 0.5) is 15.8 Å². The maximum atomic E-state index is 13.4. The molecule has 3 nitrogen and oxygen atoms in total. The number of rotatable bonds is 1. The normalized spacial score (nSPS) is 17.2. The van der Waals surface area contributed by atoms with E-state index in [0.717, 1.165) is 26.1 Å². The van der Waals surface area contributed by atoms with Crippen LogP contribution in [0.2, 0.25) is 5.02 Å². The van der Waals surface area contributed by atoms with Crippen molar-refractivity contribution in [3.8, 4) is 0 Å². The van der Waals surface area contributed by atoms with Crippen LogP contribution in [0.3, 0.4) is 0 Å². The smallest absolute Gasteiger partial charge is 0.144 e. The van der Waals surface area contributed by atoms with Crippen LogP contribution in [0.5, 0.6) is 0 Å². The van der Waals surface area contributed by atoms with Gasteiger partial charge in [0.25, 0.3) is 0 Å². The average Bonchev–Trinajstić information content (AvgIpc) is 2.52. The molecule has 1 saturated heterocycles. The minimum atomic E-state index is -0.434. The molecule has 1 aliphatic rings. The first-order chi connectivity index (χ1) is 7.68. The first kappa shape index (κ1) is 11.5. The van der Waals surface area contributed by atoms with E-state index < -0.39 is 5.82 Å². The van der Waals surface area contributed by atoms with Crippen molar-refractivity contribution in [3.05, 3.63) is 23.0 Å². The summed E-state index contributed by atoms with van der Waals surface area (Å²) in [4.78, 5) is 2.03. The van der Waals surface area contributed by atoms with Gasteiger partial charge in [0, 0.05) is 25.8 Å². The summed E-state index contributed by atoms with van der Waals surface area (Å²) in [6, 6.07) is 2.85. The van der Waals surface area contributed by atoms with E-state index in [-0.39, 0.29) is 5.02 Å². The Kier molecular flexibility index (Phi) is 3.51.